The Balaban J connectivity index is 1.15. The Bertz CT molecular complexity index is 2190. The number of amides is 2. The molecule has 0 saturated heterocycles. The number of carbonyl (C=O) groups is 2. The summed E-state index contributed by atoms with van der Waals surface area (Å²) >= 11 is 13.6. The number of aromatic nitrogens is 4. The number of benzene rings is 2. The van der Waals surface area contributed by atoms with Crippen molar-refractivity contribution in [3.8, 4) is 17.2 Å². The standard InChI is InChI=1S/C38H32Cl2N6O4/c1-24-19-34(49-22-27-7-3-4-17-41-27)29-9-5-10-33(38(29)44-24)50-23-30-31(39)13-14-32(37(30)40)46-18-6-8-28(46)21-43-36(48)16-12-26-11-15-35(42-20-26)45-25(2)47/h3-20H,21-23H2,1-2H3,(H,43,48)(H,42,45,47). The lowest BCUT2D eigenvalue weighted by Crippen LogP contribution is -2.21. The van der Waals surface area contributed by atoms with Crippen LogP contribution in [-0.2, 0) is 29.3 Å². The number of hydrogen-bond donors (Lipinski definition) is 2. The second kappa shape index (κ2) is 15.7. The third kappa shape index (κ3) is 8.28. The van der Waals surface area contributed by atoms with Gasteiger partial charge in [-0.2, -0.15) is 0 Å². The summed E-state index contributed by atoms with van der Waals surface area (Å²) in [6, 6.07) is 24.1. The molecule has 0 saturated carbocycles. The number of fused-ring (bicyclic) bond motifs is 1. The van der Waals surface area contributed by atoms with Gasteiger partial charge in [-0.1, -0.05) is 35.3 Å². The van der Waals surface area contributed by atoms with Crippen molar-refractivity contribution in [1.82, 2.24) is 24.8 Å². The summed E-state index contributed by atoms with van der Waals surface area (Å²) in [5.41, 5.74) is 5.05. The summed E-state index contributed by atoms with van der Waals surface area (Å²) in [6.07, 6.45) is 8.23. The topological polar surface area (TPSA) is 120 Å². The van der Waals surface area contributed by atoms with E-state index in [1.54, 1.807) is 36.7 Å². The number of ether oxygens (including phenoxy) is 2. The number of aryl methyl sites for hydroxylation is 1. The van der Waals surface area contributed by atoms with E-state index in [-0.39, 0.29) is 25.0 Å². The number of para-hydroxylation sites is 1. The van der Waals surface area contributed by atoms with Crippen LogP contribution in [0.2, 0.25) is 10.0 Å². The Labute approximate surface area is 298 Å². The van der Waals surface area contributed by atoms with Crippen LogP contribution in [0.25, 0.3) is 22.7 Å². The molecule has 0 atom stereocenters. The van der Waals surface area contributed by atoms with Gasteiger partial charge in [0.15, 0.2) is 0 Å². The van der Waals surface area contributed by atoms with Crippen LogP contribution in [0, 0.1) is 6.92 Å². The molecule has 12 heteroatoms. The van der Waals surface area contributed by atoms with Crippen molar-refractivity contribution in [2.45, 2.75) is 33.6 Å². The molecule has 0 aliphatic carbocycles. The first-order valence-corrected chi connectivity index (χ1v) is 16.4. The van der Waals surface area contributed by atoms with Gasteiger partial charge in [-0.25, -0.2) is 9.97 Å². The molecule has 6 aromatic rings. The van der Waals surface area contributed by atoms with Crippen LogP contribution in [0.15, 0.2) is 104 Å². The molecule has 50 heavy (non-hydrogen) atoms. The zero-order valence-corrected chi connectivity index (χ0v) is 28.7. The number of halogens is 2. The van der Waals surface area contributed by atoms with Crippen LogP contribution in [0.3, 0.4) is 0 Å². The number of anilines is 1. The summed E-state index contributed by atoms with van der Waals surface area (Å²) in [6.45, 7) is 3.96. The van der Waals surface area contributed by atoms with Crippen LogP contribution in [-0.4, -0.2) is 31.3 Å². The summed E-state index contributed by atoms with van der Waals surface area (Å²) < 4.78 is 14.4. The zero-order chi connectivity index (χ0) is 35.0. The van der Waals surface area contributed by atoms with Crippen LogP contribution in [0.5, 0.6) is 11.5 Å². The molecular weight excluding hydrogens is 675 g/mol. The second-order valence-corrected chi connectivity index (χ2v) is 12.0. The van der Waals surface area contributed by atoms with Gasteiger partial charge in [0.1, 0.15) is 36.0 Å². The van der Waals surface area contributed by atoms with Gasteiger partial charge in [-0.3, -0.25) is 14.6 Å². The number of nitrogens with one attached hydrogen (secondary N) is 2. The van der Waals surface area contributed by atoms with Crippen molar-refractivity contribution in [3.63, 3.8) is 0 Å². The maximum Gasteiger partial charge on any atom is 0.244 e. The zero-order valence-electron chi connectivity index (χ0n) is 27.2. The number of carbonyl (C=O) groups excluding carboxylic acids is 2. The van der Waals surface area contributed by atoms with Gasteiger partial charge in [0.2, 0.25) is 11.8 Å². The van der Waals surface area contributed by atoms with E-state index in [1.165, 1.54) is 13.0 Å². The molecule has 2 N–H and O–H groups in total. The van der Waals surface area contributed by atoms with Crippen LogP contribution >= 0.6 is 23.2 Å². The highest BCUT2D eigenvalue weighted by Gasteiger charge is 2.17. The average molecular weight is 708 g/mol. The maximum absolute atomic E-state index is 12.6. The van der Waals surface area contributed by atoms with Crippen molar-refractivity contribution in [2.24, 2.45) is 0 Å². The van der Waals surface area contributed by atoms with E-state index >= 15 is 0 Å². The molecule has 10 nitrogen and oxygen atoms in total. The van der Waals surface area contributed by atoms with E-state index in [0.29, 0.717) is 56.3 Å². The van der Waals surface area contributed by atoms with Gasteiger partial charge in [0.25, 0.3) is 0 Å². The van der Waals surface area contributed by atoms with Gasteiger partial charge < -0.3 is 24.7 Å². The molecule has 4 heterocycles. The molecule has 4 aromatic heterocycles. The Kier molecular flexibility index (Phi) is 10.7. The molecule has 2 amide bonds. The Hall–Kier alpha value is -5.71. The summed E-state index contributed by atoms with van der Waals surface area (Å²) in [4.78, 5) is 37.1. The smallest absolute Gasteiger partial charge is 0.244 e. The third-order valence-electron chi connectivity index (χ3n) is 7.59. The largest absolute Gasteiger partial charge is 0.487 e. The fraction of sp³-hybridized carbons (Fsp3) is 0.132. The molecular formula is C38H32Cl2N6O4. The van der Waals surface area contributed by atoms with Crippen LogP contribution in [0.4, 0.5) is 5.82 Å². The van der Waals surface area contributed by atoms with E-state index in [0.717, 1.165) is 22.5 Å². The minimum atomic E-state index is -0.288. The van der Waals surface area contributed by atoms with Crippen LogP contribution < -0.4 is 20.1 Å². The second-order valence-electron chi connectivity index (χ2n) is 11.3. The van der Waals surface area contributed by atoms with Crippen molar-refractivity contribution < 1.29 is 19.1 Å². The third-order valence-corrected chi connectivity index (χ3v) is 8.36. The molecule has 6 rings (SSSR count). The molecule has 2 aromatic carbocycles. The minimum Gasteiger partial charge on any atom is -0.487 e. The van der Waals surface area contributed by atoms with Gasteiger partial charge in [0.05, 0.1) is 22.9 Å². The van der Waals surface area contributed by atoms with E-state index in [1.807, 2.05) is 78.4 Å². The van der Waals surface area contributed by atoms with Gasteiger partial charge in [0, 0.05) is 65.0 Å². The number of pyridine rings is 3. The van der Waals surface area contributed by atoms with Crippen molar-refractivity contribution in [3.05, 3.63) is 142 Å². The molecule has 0 radical (unpaired) electrons. The molecule has 252 valence electrons. The normalized spacial score (nSPS) is 11.1. The van der Waals surface area contributed by atoms with Crippen LogP contribution in [0.1, 0.15) is 35.1 Å². The summed E-state index contributed by atoms with van der Waals surface area (Å²) in [5.74, 6) is 1.18. The fourth-order valence-corrected chi connectivity index (χ4v) is 5.77. The van der Waals surface area contributed by atoms with E-state index in [9.17, 15) is 9.59 Å². The summed E-state index contributed by atoms with van der Waals surface area (Å²) in [5, 5.41) is 7.18. The Morgan fingerprint density at radius 1 is 0.920 bits per heavy atom. The van der Waals surface area contributed by atoms with Gasteiger partial charge in [-0.15, -0.1) is 0 Å². The molecule has 0 aliphatic heterocycles. The van der Waals surface area contributed by atoms with Crippen molar-refractivity contribution >= 4 is 57.8 Å². The monoisotopic (exact) mass is 706 g/mol. The average Bonchev–Trinajstić information content (AvgIpc) is 3.58. The fourth-order valence-electron chi connectivity index (χ4n) is 5.20. The molecule has 0 bridgehead atoms. The minimum absolute atomic E-state index is 0.0865. The predicted molar refractivity (Wildman–Crippen MR) is 195 cm³/mol. The first-order chi connectivity index (χ1) is 24.2. The molecule has 0 unspecified atom stereocenters. The first-order valence-electron chi connectivity index (χ1n) is 15.6. The van der Waals surface area contributed by atoms with Gasteiger partial charge in [-0.05, 0) is 79.2 Å². The first kappa shape index (κ1) is 34.2. The predicted octanol–water partition coefficient (Wildman–Crippen LogP) is 7.88. The molecule has 0 fully saturated rings. The van der Waals surface area contributed by atoms with E-state index in [2.05, 4.69) is 20.6 Å². The van der Waals surface area contributed by atoms with E-state index in [4.69, 9.17) is 37.7 Å². The maximum atomic E-state index is 12.6. The number of rotatable bonds is 12. The SMILES string of the molecule is CC(=O)Nc1ccc(C=CC(=O)NCc2cccn2-c2ccc(Cl)c(COc3cccc4c(OCc5ccccn5)cc(C)nc34)c2Cl)cn1. The number of nitrogens with zero attached hydrogens (tertiary/aromatic N) is 4. The highest BCUT2D eigenvalue weighted by Crippen LogP contribution is 2.35. The lowest BCUT2D eigenvalue weighted by Gasteiger charge is -2.17. The highest BCUT2D eigenvalue weighted by atomic mass is 35.5. The molecule has 0 aliphatic rings. The lowest BCUT2D eigenvalue weighted by molar-refractivity contribution is -0.116. The Morgan fingerprint density at radius 3 is 2.56 bits per heavy atom. The van der Waals surface area contributed by atoms with E-state index < -0.39 is 0 Å². The highest BCUT2D eigenvalue weighted by molar-refractivity contribution is 6.37. The Morgan fingerprint density at radius 2 is 1.78 bits per heavy atom. The van der Waals surface area contributed by atoms with Crippen molar-refractivity contribution in [1.29, 1.82) is 0 Å². The van der Waals surface area contributed by atoms with Crippen molar-refractivity contribution in [2.75, 3.05) is 5.32 Å². The summed E-state index contributed by atoms with van der Waals surface area (Å²) in [7, 11) is 0. The quantitative estimate of drug-likeness (QED) is 0.124. The lowest BCUT2D eigenvalue weighted by atomic mass is 10.1. The number of hydrogen-bond acceptors (Lipinski definition) is 7. The molecule has 0 spiro atoms. The van der Waals surface area contributed by atoms with Gasteiger partial charge >= 0.3 is 0 Å².